The van der Waals surface area contributed by atoms with Gasteiger partial charge in [-0.3, -0.25) is 10.1 Å². The normalized spacial score (nSPS) is 15.9. The van der Waals surface area contributed by atoms with Gasteiger partial charge < -0.3 is 16.0 Å². The van der Waals surface area contributed by atoms with Crippen molar-refractivity contribution in [3.05, 3.63) is 34.1 Å². The second-order valence-corrected chi connectivity index (χ2v) is 4.96. The van der Waals surface area contributed by atoms with Gasteiger partial charge in [-0.05, 0) is 31.4 Å². The summed E-state index contributed by atoms with van der Waals surface area (Å²) < 4.78 is 5.14. The quantitative estimate of drug-likeness (QED) is 0.502. The predicted octanol–water partition coefficient (Wildman–Crippen LogP) is 1.99. The number of halogens is 1. The summed E-state index contributed by atoms with van der Waals surface area (Å²) in [4.78, 5) is 14.6. The van der Waals surface area contributed by atoms with Crippen LogP contribution in [0.15, 0.2) is 22.7 Å². The zero-order valence-electron chi connectivity index (χ0n) is 11.0. The Morgan fingerprint density at radius 3 is 2.67 bits per heavy atom. The van der Waals surface area contributed by atoms with E-state index in [0.29, 0.717) is 11.4 Å². The van der Waals surface area contributed by atoms with Crippen molar-refractivity contribution >= 4 is 23.8 Å². The molecule has 1 aromatic heterocycles. The molecule has 112 valence electrons. The minimum Gasteiger partial charge on any atom is -0.393 e. The standard InChI is InChI=1S/C12H13N5O3.ClH/c13-8-3-2-7(6-9(8)17(18)19)10-15-11(16-20-10)12(14)4-1-5-12;/h2-3,6H,1,4-5,13-14H2;1H. The van der Waals surface area contributed by atoms with E-state index in [0.717, 1.165) is 19.3 Å². The summed E-state index contributed by atoms with van der Waals surface area (Å²) in [5.41, 5.74) is 11.5. The number of aromatic nitrogens is 2. The lowest BCUT2D eigenvalue weighted by Gasteiger charge is -2.34. The third-order valence-electron chi connectivity index (χ3n) is 3.59. The Balaban J connectivity index is 0.00000161. The highest BCUT2D eigenvalue weighted by Crippen LogP contribution is 2.38. The molecule has 0 unspecified atom stereocenters. The number of hydrogen-bond donors (Lipinski definition) is 2. The van der Waals surface area contributed by atoms with Crippen LogP contribution in [-0.4, -0.2) is 15.1 Å². The summed E-state index contributed by atoms with van der Waals surface area (Å²) in [5.74, 6) is 0.651. The van der Waals surface area contributed by atoms with Crippen LogP contribution < -0.4 is 11.5 Å². The van der Waals surface area contributed by atoms with Gasteiger partial charge in [0.25, 0.3) is 11.6 Å². The predicted molar refractivity (Wildman–Crippen MR) is 77.8 cm³/mol. The van der Waals surface area contributed by atoms with E-state index in [9.17, 15) is 10.1 Å². The summed E-state index contributed by atoms with van der Waals surface area (Å²) in [6.45, 7) is 0. The number of benzene rings is 1. The summed E-state index contributed by atoms with van der Waals surface area (Å²) in [6.07, 6.45) is 2.66. The van der Waals surface area contributed by atoms with Crippen LogP contribution in [0.3, 0.4) is 0 Å². The highest BCUT2D eigenvalue weighted by molar-refractivity contribution is 5.85. The Bertz CT molecular complexity index is 683. The molecule has 1 heterocycles. The number of nitrogen functional groups attached to an aromatic ring is 1. The number of anilines is 1. The van der Waals surface area contributed by atoms with E-state index in [1.54, 1.807) is 6.07 Å². The van der Waals surface area contributed by atoms with Gasteiger partial charge >= 0.3 is 0 Å². The highest BCUT2D eigenvalue weighted by Gasteiger charge is 2.39. The minimum absolute atomic E-state index is 0. The summed E-state index contributed by atoms with van der Waals surface area (Å²) >= 11 is 0. The third-order valence-corrected chi connectivity index (χ3v) is 3.59. The third kappa shape index (κ3) is 2.55. The second-order valence-electron chi connectivity index (χ2n) is 4.96. The molecule has 0 bridgehead atoms. The van der Waals surface area contributed by atoms with Gasteiger partial charge in [-0.1, -0.05) is 5.16 Å². The largest absolute Gasteiger partial charge is 0.393 e. The van der Waals surface area contributed by atoms with E-state index < -0.39 is 10.5 Å². The van der Waals surface area contributed by atoms with Crippen molar-refractivity contribution in [2.45, 2.75) is 24.8 Å². The Morgan fingerprint density at radius 1 is 1.38 bits per heavy atom. The first-order valence-corrected chi connectivity index (χ1v) is 6.17. The van der Waals surface area contributed by atoms with Crippen LogP contribution >= 0.6 is 12.4 Å². The van der Waals surface area contributed by atoms with Crippen LogP contribution in [0.1, 0.15) is 25.1 Å². The highest BCUT2D eigenvalue weighted by atomic mass is 35.5. The molecule has 3 rings (SSSR count). The average molecular weight is 312 g/mol. The number of nitrogens with zero attached hydrogens (tertiary/aromatic N) is 3. The van der Waals surface area contributed by atoms with Crippen molar-refractivity contribution in [2.24, 2.45) is 5.73 Å². The molecule has 21 heavy (non-hydrogen) atoms. The topological polar surface area (TPSA) is 134 Å². The fraction of sp³-hybridized carbons (Fsp3) is 0.333. The van der Waals surface area contributed by atoms with Crippen LogP contribution in [0.25, 0.3) is 11.5 Å². The van der Waals surface area contributed by atoms with Crippen molar-refractivity contribution < 1.29 is 9.45 Å². The van der Waals surface area contributed by atoms with E-state index in [1.807, 2.05) is 0 Å². The summed E-state index contributed by atoms with van der Waals surface area (Å²) in [7, 11) is 0. The van der Waals surface area contributed by atoms with Crippen molar-refractivity contribution in [1.29, 1.82) is 0 Å². The molecule has 1 aliphatic carbocycles. The van der Waals surface area contributed by atoms with Crippen LogP contribution in [-0.2, 0) is 5.54 Å². The molecule has 8 nitrogen and oxygen atoms in total. The lowest BCUT2D eigenvalue weighted by Crippen LogP contribution is -2.44. The number of nitrogens with two attached hydrogens (primary N) is 2. The van der Waals surface area contributed by atoms with Crippen molar-refractivity contribution in [3.8, 4) is 11.5 Å². The molecule has 0 amide bonds. The first-order chi connectivity index (χ1) is 9.49. The van der Waals surface area contributed by atoms with Gasteiger partial charge in [-0.25, -0.2) is 0 Å². The van der Waals surface area contributed by atoms with E-state index in [2.05, 4.69) is 10.1 Å². The molecule has 1 aliphatic rings. The maximum Gasteiger partial charge on any atom is 0.292 e. The first kappa shape index (κ1) is 15.2. The fourth-order valence-electron chi connectivity index (χ4n) is 2.16. The molecular weight excluding hydrogens is 298 g/mol. The molecule has 0 aliphatic heterocycles. The van der Waals surface area contributed by atoms with Gasteiger partial charge in [0.2, 0.25) is 0 Å². The molecule has 0 radical (unpaired) electrons. The van der Waals surface area contributed by atoms with Gasteiger partial charge in [0.15, 0.2) is 5.82 Å². The molecule has 1 aromatic carbocycles. The molecule has 2 aromatic rings. The zero-order chi connectivity index (χ0) is 14.3. The van der Waals surface area contributed by atoms with Gasteiger partial charge in [0, 0.05) is 11.6 Å². The first-order valence-electron chi connectivity index (χ1n) is 6.17. The lowest BCUT2D eigenvalue weighted by atomic mass is 9.77. The van der Waals surface area contributed by atoms with Crippen LogP contribution in [0.4, 0.5) is 11.4 Å². The maximum absolute atomic E-state index is 10.9. The van der Waals surface area contributed by atoms with Gasteiger partial charge in [-0.15, -0.1) is 12.4 Å². The number of hydrogen-bond acceptors (Lipinski definition) is 7. The fourth-order valence-corrected chi connectivity index (χ4v) is 2.16. The van der Waals surface area contributed by atoms with Gasteiger partial charge in [-0.2, -0.15) is 4.98 Å². The summed E-state index contributed by atoms with van der Waals surface area (Å²) in [6, 6.07) is 4.36. The smallest absolute Gasteiger partial charge is 0.292 e. The molecule has 1 fully saturated rings. The van der Waals surface area contributed by atoms with Crippen LogP contribution in [0.5, 0.6) is 0 Å². The van der Waals surface area contributed by atoms with E-state index in [-0.39, 0.29) is 29.7 Å². The molecule has 9 heteroatoms. The Morgan fingerprint density at radius 2 is 2.10 bits per heavy atom. The Kier molecular flexibility index (Phi) is 3.84. The van der Waals surface area contributed by atoms with E-state index >= 15 is 0 Å². The lowest BCUT2D eigenvalue weighted by molar-refractivity contribution is -0.383. The van der Waals surface area contributed by atoms with Crippen molar-refractivity contribution in [3.63, 3.8) is 0 Å². The Labute approximate surface area is 126 Å². The van der Waals surface area contributed by atoms with E-state index in [1.165, 1.54) is 12.1 Å². The maximum atomic E-state index is 10.9. The van der Waals surface area contributed by atoms with Gasteiger partial charge in [0.05, 0.1) is 10.5 Å². The van der Waals surface area contributed by atoms with Crippen LogP contribution in [0.2, 0.25) is 0 Å². The molecule has 0 atom stereocenters. The SMILES string of the molecule is Cl.Nc1ccc(-c2nc(C3(N)CCC3)no2)cc1[N+](=O)[O-]. The van der Waals surface area contributed by atoms with Gasteiger partial charge in [0.1, 0.15) is 5.69 Å². The molecule has 4 N–H and O–H groups in total. The van der Waals surface area contributed by atoms with Crippen molar-refractivity contribution in [2.75, 3.05) is 5.73 Å². The molecular formula is C12H14ClN5O3. The number of rotatable bonds is 3. The second kappa shape index (κ2) is 5.30. The number of nitro benzene ring substituents is 1. The average Bonchev–Trinajstić information content (AvgIpc) is 2.86. The van der Waals surface area contributed by atoms with Crippen molar-refractivity contribution in [1.82, 2.24) is 10.1 Å². The molecule has 0 spiro atoms. The zero-order valence-corrected chi connectivity index (χ0v) is 11.8. The van der Waals surface area contributed by atoms with Crippen LogP contribution in [0, 0.1) is 10.1 Å². The monoisotopic (exact) mass is 311 g/mol. The Hall–Kier alpha value is -2.19. The molecule has 0 saturated heterocycles. The number of nitro groups is 1. The molecule has 1 saturated carbocycles. The minimum atomic E-state index is -0.549. The van der Waals surface area contributed by atoms with E-state index in [4.69, 9.17) is 16.0 Å². The summed E-state index contributed by atoms with van der Waals surface area (Å²) in [5, 5.41) is 14.7.